The summed E-state index contributed by atoms with van der Waals surface area (Å²) < 4.78 is 0. The lowest BCUT2D eigenvalue weighted by Crippen LogP contribution is -2.32. The lowest BCUT2D eigenvalue weighted by Gasteiger charge is -2.24. The Labute approximate surface area is 162 Å². The van der Waals surface area contributed by atoms with Crippen molar-refractivity contribution < 1.29 is 9.59 Å². The average molecular weight is 391 g/mol. The molecular formula is C20H20Cl2N2O2. The van der Waals surface area contributed by atoms with Crippen LogP contribution in [0.15, 0.2) is 42.5 Å². The first-order chi connectivity index (χ1) is 12.4. The van der Waals surface area contributed by atoms with Gasteiger partial charge in [-0.1, -0.05) is 47.5 Å². The second kappa shape index (κ2) is 8.11. The molecule has 0 saturated carbocycles. The number of fused-ring (bicyclic) bond motifs is 1. The average Bonchev–Trinajstić information content (AvgIpc) is 2.59. The normalized spacial score (nSPS) is 17.2. The summed E-state index contributed by atoms with van der Waals surface area (Å²) in [4.78, 5) is 24.5. The van der Waals surface area contributed by atoms with Crippen LogP contribution in [0.3, 0.4) is 0 Å². The Morgan fingerprint density at radius 3 is 2.81 bits per heavy atom. The molecule has 2 aromatic rings. The molecule has 0 spiro atoms. The van der Waals surface area contributed by atoms with Crippen LogP contribution in [0.1, 0.15) is 36.9 Å². The molecule has 0 bridgehead atoms. The maximum absolute atomic E-state index is 12.3. The van der Waals surface area contributed by atoms with Crippen LogP contribution in [0, 0.1) is 5.92 Å². The quantitative estimate of drug-likeness (QED) is 0.772. The molecule has 4 nitrogen and oxygen atoms in total. The highest BCUT2D eigenvalue weighted by molar-refractivity contribution is 6.35. The van der Waals surface area contributed by atoms with Gasteiger partial charge in [0.25, 0.3) is 0 Å². The Bertz CT molecular complexity index is 838. The maximum atomic E-state index is 12.3. The van der Waals surface area contributed by atoms with Gasteiger partial charge in [0.05, 0.1) is 6.04 Å². The predicted molar refractivity (Wildman–Crippen MR) is 105 cm³/mol. The standard InChI is InChI=1S/C20H20Cl2N2O2/c1-12(16-8-7-15(21)11-17(16)22)23-19(25)9-6-14-10-13-4-2-3-5-18(13)24-20(14)26/h2-5,7-8,11-12,14H,6,9-10H2,1H3,(H,23,25)(H,24,26). The summed E-state index contributed by atoms with van der Waals surface area (Å²) in [6, 6.07) is 12.7. The van der Waals surface area contributed by atoms with Gasteiger partial charge in [0, 0.05) is 28.1 Å². The Hall–Kier alpha value is -2.04. The highest BCUT2D eigenvalue weighted by atomic mass is 35.5. The molecule has 0 saturated heterocycles. The molecule has 2 aromatic carbocycles. The molecule has 26 heavy (non-hydrogen) atoms. The third kappa shape index (κ3) is 4.37. The van der Waals surface area contributed by atoms with Crippen LogP contribution < -0.4 is 10.6 Å². The van der Waals surface area contributed by atoms with E-state index in [2.05, 4.69) is 10.6 Å². The minimum Gasteiger partial charge on any atom is -0.350 e. The van der Waals surface area contributed by atoms with E-state index in [-0.39, 0.29) is 30.2 Å². The molecule has 6 heteroatoms. The number of benzene rings is 2. The monoisotopic (exact) mass is 390 g/mol. The minimum absolute atomic E-state index is 0.0229. The number of halogens is 2. The number of amides is 2. The Morgan fingerprint density at radius 2 is 2.04 bits per heavy atom. The number of carbonyl (C=O) groups excluding carboxylic acids is 2. The lowest BCUT2D eigenvalue weighted by molar-refractivity contribution is -0.123. The second-order valence-electron chi connectivity index (χ2n) is 6.54. The summed E-state index contributed by atoms with van der Waals surface area (Å²) in [7, 11) is 0. The van der Waals surface area contributed by atoms with Gasteiger partial charge in [-0.2, -0.15) is 0 Å². The van der Waals surface area contributed by atoms with Gasteiger partial charge >= 0.3 is 0 Å². The van der Waals surface area contributed by atoms with Gasteiger partial charge in [0.15, 0.2) is 0 Å². The Balaban J connectivity index is 1.55. The summed E-state index contributed by atoms with van der Waals surface area (Å²) in [5.74, 6) is -0.314. The fraction of sp³-hybridized carbons (Fsp3) is 0.300. The lowest BCUT2D eigenvalue weighted by atomic mass is 9.89. The van der Waals surface area contributed by atoms with Crippen molar-refractivity contribution in [3.63, 3.8) is 0 Å². The van der Waals surface area contributed by atoms with E-state index in [4.69, 9.17) is 23.2 Å². The molecule has 0 radical (unpaired) electrons. The largest absolute Gasteiger partial charge is 0.350 e. The third-order valence-electron chi connectivity index (χ3n) is 4.64. The summed E-state index contributed by atoms with van der Waals surface area (Å²) in [6.45, 7) is 1.87. The van der Waals surface area contributed by atoms with E-state index in [1.807, 2.05) is 31.2 Å². The number of hydrogen-bond donors (Lipinski definition) is 2. The first-order valence-corrected chi connectivity index (χ1v) is 9.32. The first-order valence-electron chi connectivity index (χ1n) is 8.57. The summed E-state index contributed by atoms with van der Waals surface area (Å²) in [5.41, 5.74) is 2.79. The summed E-state index contributed by atoms with van der Waals surface area (Å²) in [5, 5.41) is 6.92. The molecule has 0 fully saturated rings. The van der Waals surface area contributed by atoms with E-state index in [0.717, 1.165) is 16.8 Å². The van der Waals surface area contributed by atoms with Crippen molar-refractivity contribution in [2.75, 3.05) is 5.32 Å². The van der Waals surface area contributed by atoms with Gasteiger partial charge in [-0.25, -0.2) is 0 Å². The number of carbonyl (C=O) groups is 2. The fourth-order valence-corrected chi connectivity index (χ4v) is 3.77. The number of para-hydroxylation sites is 1. The minimum atomic E-state index is -0.229. The molecule has 3 rings (SSSR count). The van der Waals surface area contributed by atoms with E-state index in [1.165, 1.54) is 0 Å². The molecule has 2 amide bonds. The molecule has 0 aromatic heterocycles. The Morgan fingerprint density at radius 1 is 1.27 bits per heavy atom. The van der Waals surface area contributed by atoms with Crippen LogP contribution >= 0.6 is 23.2 Å². The van der Waals surface area contributed by atoms with Gasteiger partial charge in [0.1, 0.15) is 0 Å². The van der Waals surface area contributed by atoms with E-state index in [9.17, 15) is 9.59 Å². The van der Waals surface area contributed by atoms with E-state index in [0.29, 0.717) is 22.9 Å². The predicted octanol–water partition coefficient (Wildman–Crippen LogP) is 4.76. The number of anilines is 1. The molecule has 2 atom stereocenters. The van der Waals surface area contributed by atoms with Crippen molar-refractivity contribution >= 4 is 40.7 Å². The molecule has 2 unspecified atom stereocenters. The van der Waals surface area contributed by atoms with E-state index < -0.39 is 0 Å². The highest BCUT2D eigenvalue weighted by Gasteiger charge is 2.26. The zero-order valence-electron chi connectivity index (χ0n) is 14.4. The van der Waals surface area contributed by atoms with E-state index in [1.54, 1.807) is 18.2 Å². The summed E-state index contributed by atoms with van der Waals surface area (Å²) in [6.07, 6.45) is 1.46. The van der Waals surface area contributed by atoms with Gasteiger partial charge in [0.2, 0.25) is 11.8 Å². The fourth-order valence-electron chi connectivity index (χ4n) is 3.20. The van der Waals surface area contributed by atoms with Crippen molar-refractivity contribution in [1.29, 1.82) is 0 Å². The number of nitrogens with one attached hydrogen (secondary N) is 2. The van der Waals surface area contributed by atoms with Crippen LogP contribution in [0.5, 0.6) is 0 Å². The van der Waals surface area contributed by atoms with Crippen LogP contribution in [0.25, 0.3) is 0 Å². The molecule has 1 heterocycles. The molecule has 1 aliphatic heterocycles. The smallest absolute Gasteiger partial charge is 0.227 e. The van der Waals surface area contributed by atoms with Crippen molar-refractivity contribution in [3.8, 4) is 0 Å². The van der Waals surface area contributed by atoms with Gasteiger partial charge in [-0.3, -0.25) is 9.59 Å². The van der Waals surface area contributed by atoms with Gasteiger partial charge < -0.3 is 10.6 Å². The third-order valence-corrected chi connectivity index (χ3v) is 5.20. The van der Waals surface area contributed by atoms with Crippen LogP contribution in [0.4, 0.5) is 5.69 Å². The highest BCUT2D eigenvalue weighted by Crippen LogP contribution is 2.28. The Kier molecular flexibility index (Phi) is 5.84. The van der Waals surface area contributed by atoms with E-state index >= 15 is 0 Å². The molecule has 0 aliphatic carbocycles. The van der Waals surface area contributed by atoms with Crippen LogP contribution in [-0.2, 0) is 16.0 Å². The van der Waals surface area contributed by atoms with Gasteiger partial charge in [-0.05, 0) is 49.1 Å². The second-order valence-corrected chi connectivity index (χ2v) is 7.38. The maximum Gasteiger partial charge on any atom is 0.227 e. The molecule has 2 N–H and O–H groups in total. The van der Waals surface area contributed by atoms with Crippen molar-refractivity contribution in [2.45, 2.75) is 32.2 Å². The molecular weight excluding hydrogens is 371 g/mol. The zero-order valence-corrected chi connectivity index (χ0v) is 15.9. The zero-order chi connectivity index (χ0) is 18.7. The van der Waals surface area contributed by atoms with Crippen molar-refractivity contribution in [2.24, 2.45) is 5.92 Å². The SMILES string of the molecule is CC(NC(=O)CCC1Cc2ccccc2NC1=O)c1ccc(Cl)cc1Cl. The van der Waals surface area contributed by atoms with Crippen LogP contribution in [0.2, 0.25) is 10.0 Å². The molecule has 136 valence electrons. The number of rotatable bonds is 5. The van der Waals surface area contributed by atoms with Gasteiger partial charge in [-0.15, -0.1) is 0 Å². The van der Waals surface area contributed by atoms with Crippen molar-refractivity contribution in [3.05, 3.63) is 63.6 Å². The summed E-state index contributed by atoms with van der Waals surface area (Å²) >= 11 is 12.1. The first kappa shape index (κ1) is 18.7. The topological polar surface area (TPSA) is 58.2 Å². The molecule has 1 aliphatic rings. The van der Waals surface area contributed by atoms with Crippen LogP contribution in [-0.4, -0.2) is 11.8 Å². The number of hydrogen-bond acceptors (Lipinski definition) is 2. The van der Waals surface area contributed by atoms with Crippen molar-refractivity contribution in [1.82, 2.24) is 5.32 Å².